The predicted molar refractivity (Wildman–Crippen MR) is 88.9 cm³/mol. The van der Waals surface area contributed by atoms with Crippen molar-refractivity contribution < 1.29 is 19.2 Å². The van der Waals surface area contributed by atoms with Gasteiger partial charge in [-0.1, -0.05) is 52.5 Å². The molecule has 0 saturated heterocycles. The maximum Gasteiger partial charge on any atom is 0.278 e. The van der Waals surface area contributed by atoms with Gasteiger partial charge in [0.05, 0.1) is 11.4 Å². The fourth-order valence-electron chi connectivity index (χ4n) is 2.19. The fourth-order valence-corrected chi connectivity index (χ4v) is 2.85. The normalized spacial score (nSPS) is 18.7. The Labute approximate surface area is 154 Å². The molecule has 0 fully saturated rings. The summed E-state index contributed by atoms with van der Waals surface area (Å²) in [4.78, 5) is 49.6. The molecule has 0 radical (unpaired) electrons. The van der Waals surface area contributed by atoms with Crippen LogP contribution in [-0.4, -0.2) is 23.6 Å². The van der Waals surface area contributed by atoms with Crippen LogP contribution in [0.15, 0.2) is 44.4 Å². The third kappa shape index (κ3) is 2.34. The van der Waals surface area contributed by atoms with Crippen molar-refractivity contribution in [3.05, 3.63) is 44.4 Å². The lowest BCUT2D eigenvalue weighted by Gasteiger charge is -2.18. The van der Waals surface area contributed by atoms with Crippen LogP contribution in [0.1, 0.15) is 0 Å². The van der Waals surface area contributed by atoms with E-state index in [1.165, 1.54) is 24.3 Å². The summed E-state index contributed by atoms with van der Waals surface area (Å²) in [6.45, 7) is 0. The van der Waals surface area contributed by atoms with Crippen LogP contribution in [0.4, 0.5) is 11.4 Å². The molecule has 0 aromatic heterocycles. The first kappa shape index (κ1) is 17.0. The highest BCUT2D eigenvalue weighted by Crippen LogP contribution is 2.35. The Bertz CT molecular complexity index is 789. The maximum atomic E-state index is 12.0. The Morgan fingerprint density at radius 3 is 1.17 bits per heavy atom. The number of anilines is 2. The van der Waals surface area contributed by atoms with Crippen molar-refractivity contribution >= 4 is 81.4 Å². The number of nitrogens with zero attached hydrogens (tertiary/aromatic N) is 2. The molecule has 0 N–H and O–H groups in total. The highest BCUT2D eigenvalue weighted by molar-refractivity contribution is 6.63. The number of amides is 4. The third-order valence-electron chi connectivity index (χ3n) is 3.29. The summed E-state index contributed by atoms with van der Waals surface area (Å²) in [5.74, 6) is -3.23. The molecule has 2 aliphatic heterocycles. The minimum absolute atomic E-state index is 0.0797. The lowest BCUT2D eigenvalue weighted by Crippen LogP contribution is -2.33. The van der Waals surface area contributed by atoms with Gasteiger partial charge in [0.25, 0.3) is 23.6 Å². The van der Waals surface area contributed by atoms with E-state index in [1.807, 2.05) is 0 Å². The molecule has 0 saturated carbocycles. The van der Waals surface area contributed by atoms with E-state index in [4.69, 9.17) is 46.4 Å². The largest absolute Gasteiger partial charge is 0.278 e. The van der Waals surface area contributed by atoms with Gasteiger partial charge in [0.15, 0.2) is 0 Å². The van der Waals surface area contributed by atoms with E-state index in [1.54, 1.807) is 0 Å². The lowest BCUT2D eigenvalue weighted by molar-refractivity contribution is -0.121. The molecule has 10 heteroatoms. The molecule has 2 heterocycles. The Morgan fingerprint density at radius 2 is 0.875 bits per heavy atom. The van der Waals surface area contributed by atoms with E-state index < -0.39 is 43.8 Å². The highest BCUT2D eigenvalue weighted by Gasteiger charge is 2.40. The predicted octanol–water partition coefficient (Wildman–Crippen LogP) is 2.81. The molecule has 24 heavy (non-hydrogen) atoms. The quantitative estimate of drug-likeness (QED) is 0.709. The van der Waals surface area contributed by atoms with Crippen molar-refractivity contribution in [2.24, 2.45) is 0 Å². The van der Waals surface area contributed by atoms with E-state index in [-0.39, 0.29) is 11.4 Å². The summed E-state index contributed by atoms with van der Waals surface area (Å²) in [6.07, 6.45) is 0. The zero-order valence-electron chi connectivity index (χ0n) is 11.3. The second-order valence-electron chi connectivity index (χ2n) is 4.67. The van der Waals surface area contributed by atoms with E-state index >= 15 is 0 Å². The van der Waals surface area contributed by atoms with Gasteiger partial charge in [0.2, 0.25) is 0 Å². The van der Waals surface area contributed by atoms with E-state index in [2.05, 4.69) is 0 Å². The molecule has 1 aromatic carbocycles. The maximum absolute atomic E-state index is 12.0. The lowest BCUT2D eigenvalue weighted by atomic mass is 10.2. The summed E-state index contributed by atoms with van der Waals surface area (Å²) in [6, 6.07) is 5.54. The fraction of sp³-hybridized carbons (Fsp3) is 0. The number of halogens is 4. The van der Waals surface area contributed by atoms with Gasteiger partial charge >= 0.3 is 0 Å². The van der Waals surface area contributed by atoms with Gasteiger partial charge in [-0.05, 0) is 18.2 Å². The van der Waals surface area contributed by atoms with Crippen LogP contribution in [0.5, 0.6) is 0 Å². The van der Waals surface area contributed by atoms with Gasteiger partial charge in [0.1, 0.15) is 20.1 Å². The summed E-state index contributed by atoms with van der Waals surface area (Å²) < 4.78 is 0. The molecule has 0 spiro atoms. The van der Waals surface area contributed by atoms with Crippen LogP contribution in [0.2, 0.25) is 0 Å². The van der Waals surface area contributed by atoms with Gasteiger partial charge in [-0.25, -0.2) is 9.80 Å². The SMILES string of the molecule is O=C1C(Cl)=C(Cl)C(=O)N1c1cccc(N2C(=O)C(Cl)=C(Cl)C2=O)c1. The summed E-state index contributed by atoms with van der Waals surface area (Å²) >= 11 is 22.7. The summed E-state index contributed by atoms with van der Waals surface area (Å²) in [5.41, 5.74) is 0.159. The van der Waals surface area contributed by atoms with Crippen molar-refractivity contribution in [1.29, 1.82) is 0 Å². The molecule has 3 rings (SSSR count). The molecule has 1 aromatic rings. The molecule has 0 bridgehead atoms. The van der Waals surface area contributed by atoms with Gasteiger partial charge in [-0.2, -0.15) is 0 Å². The zero-order valence-corrected chi connectivity index (χ0v) is 14.4. The molecule has 0 aliphatic carbocycles. The molecule has 122 valence electrons. The Morgan fingerprint density at radius 1 is 0.583 bits per heavy atom. The monoisotopic (exact) mass is 404 g/mol. The number of hydrogen-bond donors (Lipinski definition) is 0. The third-order valence-corrected chi connectivity index (χ3v) is 4.89. The zero-order chi connectivity index (χ0) is 17.8. The second-order valence-corrected chi connectivity index (χ2v) is 6.18. The Kier molecular flexibility index (Phi) is 4.17. The van der Waals surface area contributed by atoms with Gasteiger partial charge in [-0.15, -0.1) is 0 Å². The first-order valence-corrected chi connectivity index (χ1v) is 7.75. The number of hydrogen-bond acceptors (Lipinski definition) is 4. The topological polar surface area (TPSA) is 74.8 Å². The van der Waals surface area contributed by atoms with Crippen LogP contribution in [0.25, 0.3) is 0 Å². The van der Waals surface area contributed by atoms with Crippen molar-refractivity contribution in [3.8, 4) is 0 Å². The van der Waals surface area contributed by atoms with Crippen LogP contribution in [0.3, 0.4) is 0 Å². The minimum Gasteiger partial charge on any atom is -0.267 e. The number of imide groups is 2. The molecular formula is C14H4Cl4N2O4. The van der Waals surface area contributed by atoms with Crippen LogP contribution in [0, 0.1) is 0 Å². The van der Waals surface area contributed by atoms with Crippen molar-refractivity contribution in [2.45, 2.75) is 0 Å². The van der Waals surface area contributed by atoms with Crippen molar-refractivity contribution in [3.63, 3.8) is 0 Å². The Balaban J connectivity index is 2.01. The molecule has 6 nitrogen and oxygen atoms in total. The number of carbonyl (C=O) groups excluding carboxylic acids is 4. The van der Waals surface area contributed by atoms with Crippen LogP contribution >= 0.6 is 46.4 Å². The van der Waals surface area contributed by atoms with Gasteiger partial charge in [-0.3, -0.25) is 19.2 Å². The first-order valence-electron chi connectivity index (χ1n) is 6.24. The molecule has 4 amide bonds. The van der Waals surface area contributed by atoms with Crippen LogP contribution < -0.4 is 9.80 Å². The molecule has 0 unspecified atom stereocenters. The number of carbonyl (C=O) groups is 4. The standard InChI is InChI=1S/C14H4Cl4N2O4/c15-7-8(16)12(22)19(11(7)21)5-2-1-3-6(4-5)20-13(23)9(17)10(18)14(20)24/h1-4H. The van der Waals surface area contributed by atoms with Crippen molar-refractivity contribution in [1.82, 2.24) is 0 Å². The smallest absolute Gasteiger partial charge is 0.267 e. The minimum atomic E-state index is -0.808. The van der Waals surface area contributed by atoms with E-state index in [0.29, 0.717) is 0 Å². The molecule has 0 atom stereocenters. The average Bonchev–Trinajstić information content (AvgIpc) is 2.88. The number of benzene rings is 1. The molecular weight excluding hydrogens is 402 g/mol. The van der Waals surface area contributed by atoms with E-state index in [0.717, 1.165) is 9.80 Å². The van der Waals surface area contributed by atoms with Gasteiger partial charge < -0.3 is 0 Å². The molecule has 2 aliphatic rings. The van der Waals surface area contributed by atoms with Crippen LogP contribution in [-0.2, 0) is 19.2 Å². The average molecular weight is 406 g/mol. The second kappa shape index (κ2) is 5.89. The van der Waals surface area contributed by atoms with Gasteiger partial charge in [0, 0.05) is 0 Å². The summed E-state index contributed by atoms with van der Waals surface area (Å²) in [5, 5.41) is -1.64. The van der Waals surface area contributed by atoms with E-state index in [9.17, 15) is 19.2 Å². The first-order chi connectivity index (χ1) is 11.3. The highest BCUT2D eigenvalue weighted by atomic mass is 35.5. The van der Waals surface area contributed by atoms with Crippen molar-refractivity contribution in [2.75, 3.05) is 9.80 Å². The number of rotatable bonds is 2. The summed E-state index contributed by atoms with van der Waals surface area (Å²) in [7, 11) is 0. The Hall–Kier alpha value is -1.86.